The van der Waals surface area contributed by atoms with Crippen molar-refractivity contribution < 1.29 is 18.8 Å². The first-order chi connectivity index (χ1) is 11.1. The maximum Gasteiger partial charge on any atom is 0.340 e. The molecule has 1 amide bonds. The minimum Gasteiger partial charge on any atom is -0.437 e. The molecule has 1 N–H and O–H groups in total. The average Bonchev–Trinajstić information content (AvgIpc) is 2.45. The van der Waals surface area contributed by atoms with Crippen LogP contribution < -0.4 is 5.32 Å². The lowest BCUT2D eigenvalue weighted by molar-refractivity contribution is -0.180. The summed E-state index contributed by atoms with van der Waals surface area (Å²) >= 11 is 0. The van der Waals surface area contributed by atoms with Gasteiger partial charge in [-0.05, 0) is 37.6 Å². The number of carbonyl (C=O) groups excluding carboxylic acids is 2. The lowest BCUT2D eigenvalue weighted by Gasteiger charge is -2.53. The van der Waals surface area contributed by atoms with Gasteiger partial charge in [0.05, 0.1) is 11.2 Å². The van der Waals surface area contributed by atoms with Crippen LogP contribution in [0.15, 0.2) is 30.3 Å². The standard InChI is InChI=1S/C18H26NO4Si/c1-17(2,3)18(4,23-24(5)6)13-14(20)19-15(13)22-16(21)12-10-8-7-9-11-12/h7-11,13,15H,1-6H3,(H,19,20). The van der Waals surface area contributed by atoms with E-state index in [0.29, 0.717) is 5.56 Å². The summed E-state index contributed by atoms with van der Waals surface area (Å²) in [5.74, 6) is -1.10. The van der Waals surface area contributed by atoms with Crippen molar-refractivity contribution in [3.63, 3.8) is 0 Å². The van der Waals surface area contributed by atoms with E-state index in [0.717, 1.165) is 0 Å². The number of rotatable bonds is 5. The fourth-order valence-electron chi connectivity index (χ4n) is 2.86. The SMILES string of the molecule is C[Si](C)OC(C)(C1C(=O)NC1OC(=O)c1ccccc1)C(C)(C)C. The molecule has 0 aromatic heterocycles. The van der Waals surface area contributed by atoms with Crippen molar-refractivity contribution in [3.05, 3.63) is 35.9 Å². The Hall–Kier alpha value is -1.66. The molecule has 1 aromatic carbocycles. The van der Waals surface area contributed by atoms with Gasteiger partial charge in [-0.3, -0.25) is 4.79 Å². The largest absolute Gasteiger partial charge is 0.437 e. The molecule has 2 rings (SSSR count). The number of β-lactam (4-membered cyclic amide) rings is 1. The predicted molar refractivity (Wildman–Crippen MR) is 93.7 cm³/mol. The van der Waals surface area contributed by atoms with Crippen LogP contribution in [0.2, 0.25) is 13.1 Å². The molecule has 24 heavy (non-hydrogen) atoms. The lowest BCUT2D eigenvalue weighted by atomic mass is 9.67. The van der Waals surface area contributed by atoms with Crippen LogP contribution in [0.5, 0.6) is 0 Å². The molecule has 1 heterocycles. The molecule has 1 aromatic rings. The van der Waals surface area contributed by atoms with Crippen LogP contribution in [0.25, 0.3) is 0 Å². The van der Waals surface area contributed by atoms with Crippen molar-refractivity contribution in [3.8, 4) is 0 Å². The van der Waals surface area contributed by atoms with Gasteiger partial charge < -0.3 is 14.5 Å². The summed E-state index contributed by atoms with van der Waals surface area (Å²) in [4.78, 5) is 24.6. The number of carbonyl (C=O) groups is 2. The maximum absolute atomic E-state index is 12.3. The minimum atomic E-state index is -1.04. The first kappa shape index (κ1) is 18.7. The summed E-state index contributed by atoms with van der Waals surface area (Å²) in [7, 11) is -1.04. The molecule has 1 saturated heterocycles. The molecule has 1 fully saturated rings. The van der Waals surface area contributed by atoms with Gasteiger partial charge in [-0.15, -0.1) is 0 Å². The highest BCUT2D eigenvalue weighted by Gasteiger charge is 2.59. The Morgan fingerprint density at radius 3 is 2.17 bits per heavy atom. The van der Waals surface area contributed by atoms with E-state index < -0.39 is 32.8 Å². The Bertz CT molecular complexity index is 611. The summed E-state index contributed by atoms with van der Waals surface area (Å²) in [6, 6.07) is 8.77. The highest BCUT2D eigenvalue weighted by atomic mass is 28.3. The van der Waals surface area contributed by atoms with E-state index in [1.807, 2.05) is 46.9 Å². The molecule has 131 valence electrons. The second-order valence-electron chi connectivity index (χ2n) is 7.55. The van der Waals surface area contributed by atoms with E-state index >= 15 is 0 Å². The number of esters is 1. The van der Waals surface area contributed by atoms with Crippen molar-refractivity contribution in [1.29, 1.82) is 0 Å². The highest BCUT2D eigenvalue weighted by molar-refractivity contribution is 6.48. The van der Waals surface area contributed by atoms with E-state index in [2.05, 4.69) is 5.32 Å². The first-order valence-electron chi connectivity index (χ1n) is 8.12. The zero-order valence-corrected chi connectivity index (χ0v) is 16.2. The van der Waals surface area contributed by atoms with Crippen LogP contribution in [0.1, 0.15) is 38.1 Å². The smallest absolute Gasteiger partial charge is 0.340 e. The highest BCUT2D eigenvalue weighted by Crippen LogP contribution is 2.44. The second kappa shape index (κ2) is 6.68. The summed E-state index contributed by atoms with van der Waals surface area (Å²) in [5.41, 5.74) is -0.532. The molecular weight excluding hydrogens is 322 g/mol. The maximum atomic E-state index is 12.3. The molecule has 0 saturated carbocycles. The van der Waals surface area contributed by atoms with Crippen LogP contribution >= 0.6 is 0 Å². The molecule has 0 spiro atoms. The fourth-order valence-corrected chi connectivity index (χ4v) is 4.14. The molecule has 6 heteroatoms. The molecule has 3 unspecified atom stereocenters. The normalized spacial score (nSPS) is 23.2. The molecule has 0 bridgehead atoms. The molecule has 3 atom stereocenters. The number of nitrogens with one attached hydrogen (secondary N) is 1. The predicted octanol–water partition coefficient (Wildman–Crippen LogP) is 2.99. The van der Waals surface area contributed by atoms with Gasteiger partial charge in [0.15, 0.2) is 6.23 Å². The van der Waals surface area contributed by atoms with Gasteiger partial charge >= 0.3 is 5.97 Å². The van der Waals surface area contributed by atoms with Gasteiger partial charge in [0, 0.05) is 0 Å². The van der Waals surface area contributed by atoms with Crippen LogP contribution in [-0.2, 0) is 14.0 Å². The molecular formula is C18H26NO4Si. The van der Waals surface area contributed by atoms with Gasteiger partial charge in [-0.25, -0.2) is 4.79 Å². The Labute approximate surface area is 145 Å². The number of amides is 1. The van der Waals surface area contributed by atoms with Crippen molar-refractivity contribution in [1.82, 2.24) is 5.32 Å². The van der Waals surface area contributed by atoms with Crippen LogP contribution in [0.4, 0.5) is 0 Å². The van der Waals surface area contributed by atoms with Gasteiger partial charge in [-0.1, -0.05) is 39.0 Å². The van der Waals surface area contributed by atoms with Gasteiger partial charge in [0.25, 0.3) is 0 Å². The van der Waals surface area contributed by atoms with Crippen molar-refractivity contribution in [2.45, 2.75) is 52.6 Å². The first-order valence-corrected chi connectivity index (χ1v) is 10.5. The fraction of sp³-hybridized carbons (Fsp3) is 0.556. The topological polar surface area (TPSA) is 64.6 Å². The van der Waals surface area contributed by atoms with E-state index in [-0.39, 0.29) is 11.3 Å². The van der Waals surface area contributed by atoms with Gasteiger partial charge in [0.2, 0.25) is 14.9 Å². The van der Waals surface area contributed by atoms with Crippen molar-refractivity contribution >= 4 is 20.9 Å². The Kier molecular flexibility index (Phi) is 5.20. The van der Waals surface area contributed by atoms with E-state index in [1.54, 1.807) is 24.3 Å². The van der Waals surface area contributed by atoms with Crippen LogP contribution in [0.3, 0.4) is 0 Å². The van der Waals surface area contributed by atoms with Crippen molar-refractivity contribution in [2.24, 2.45) is 11.3 Å². The average molecular weight is 348 g/mol. The summed E-state index contributed by atoms with van der Waals surface area (Å²) in [5, 5.41) is 2.69. The van der Waals surface area contributed by atoms with Gasteiger partial charge in [-0.2, -0.15) is 0 Å². The van der Waals surface area contributed by atoms with Crippen LogP contribution in [-0.4, -0.2) is 32.7 Å². The van der Waals surface area contributed by atoms with E-state index in [4.69, 9.17) is 9.16 Å². The third-order valence-corrected chi connectivity index (χ3v) is 5.44. The number of ether oxygens (including phenoxy) is 1. The summed E-state index contributed by atoms with van der Waals surface area (Å²) < 4.78 is 11.8. The zero-order valence-electron chi connectivity index (χ0n) is 15.2. The zero-order chi connectivity index (χ0) is 18.1. The summed E-state index contributed by atoms with van der Waals surface area (Å²) in [6.07, 6.45) is -0.671. The van der Waals surface area contributed by atoms with E-state index in [9.17, 15) is 9.59 Å². The Morgan fingerprint density at radius 2 is 1.71 bits per heavy atom. The van der Waals surface area contributed by atoms with Gasteiger partial charge in [0.1, 0.15) is 5.92 Å². The molecule has 5 nitrogen and oxygen atoms in total. The minimum absolute atomic E-state index is 0.137. The lowest BCUT2D eigenvalue weighted by Crippen LogP contribution is -2.71. The number of hydrogen-bond donors (Lipinski definition) is 1. The quantitative estimate of drug-likeness (QED) is 0.505. The number of benzene rings is 1. The summed E-state index contributed by atoms with van der Waals surface area (Å²) in [6.45, 7) is 12.1. The molecule has 0 aliphatic carbocycles. The van der Waals surface area contributed by atoms with Crippen molar-refractivity contribution in [2.75, 3.05) is 0 Å². The number of hydrogen-bond acceptors (Lipinski definition) is 4. The Balaban J connectivity index is 2.21. The molecule has 1 aliphatic heterocycles. The molecule has 1 aliphatic rings. The monoisotopic (exact) mass is 348 g/mol. The Morgan fingerprint density at radius 1 is 1.12 bits per heavy atom. The van der Waals surface area contributed by atoms with E-state index in [1.165, 1.54) is 0 Å². The third-order valence-electron chi connectivity index (χ3n) is 4.61. The van der Waals surface area contributed by atoms with Crippen LogP contribution in [0, 0.1) is 11.3 Å². The molecule has 1 radical (unpaired) electrons. The third kappa shape index (κ3) is 3.54. The second-order valence-corrected chi connectivity index (χ2v) is 9.57.